The largest absolute Gasteiger partial charge is 0.455 e. The van der Waals surface area contributed by atoms with Crippen LogP contribution in [0.15, 0.2) is 124 Å². The van der Waals surface area contributed by atoms with Gasteiger partial charge in [-0.05, 0) is 134 Å². The van der Waals surface area contributed by atoms with Crippen molar-refractivity contribution in [3.05, 3.63) is 140 Å². The van der Waals surface area contributed by atoms with E-state index >= 15 is 0 Å². The zero-order chi connectivity index (χ0) is 51.0. The van der Waals surface area contributed by atoms with E-state index < -0.39 is 48.8 Å². The van der Waals surface area contributed by atoms with Gasteiger partial charge in [0.25, 0.3) is 21.6 Å². The molecule has 0 unspecified atom stereocenters. The quantitative estimate of drug-likeness (QED) is 0.0613. The number of hydrogen-bond acceptors (Lipinski definition) is 12. The van der Waals surface area contributed by atoms with Gasteiger partial charge in [0, 0.05) is 80.0 Å². The van der Waals surface area contributed by atoms with E-state index in [1.807, 2.05) is 11.4 Å². The SMILES string of the molecule is CC1(C)CCC(CN2CCN(C3=CC(Oc4cnc5[nH]ccc5c4)=C(C(=O)NS(=O)(=O)c4ccc(NCC5CCC(C)(O)CC5)c([N+](=O)[O-])c4)C=CC3)CC2)=C(c2cc(-c3ccc(C(F)(F)F)cc3)cs2)C1. The van der Waals surface area contributed by atoms with Crippen LogP contribution in [0.4, 0.5) is 24.5 Å². The third kappa shape index (κ3) is 11.8. The van der Waals surface area contributed by atoms with Gasteiger partial charge in [-0.1, -0.05) is 37.6 Å². The van der Waals surface area contributed by atoms with Gasteiger partial charge in [0.05, 0.1) is 32.8 Å². The fourth-order valence-corrected chi connectivity index (χ4v) is 12.0. The highest BCUT2D eigenvalue weighted by atomic mass is 32.2. The van der Waals surface area contributed by atoms with Crippen LogP contribution in [-0.2, 0) is 21.0 Å². The monoisotopic (exact) mass is 1030 g/mol. The fourth-order valence-electron chi connectivity index (χ4n) is 9.96. The summed E-state index contributed by atoms with van der Waals surface area (Å²) in [7, 11) is -4.63. The van der Waals surface area contributed by atoms with Crippen molar-refractivity contribution in [3.63, 3.8) is 0 Å². The number of benzene rings is 2. The second-order valence-corrected chi connectivity index (χ2v) is 23.0. The number of thiophene rings is 1. The molecule has 14 nitrogen and oxygen atoms in total. The van der Waals surface area contributed by atoms with Crippen LogP contribution in [0.2, 0.25) is 0 Å². The Morgan fingerprint density at radius 1 is 1.01 bits per heavy atom. The number of hydrogen-bond donors (Lipinski definition) is 4. The van der Waals surface area contributed by atoms with E-state index in [2.05, 4.69) is 49.7 Å². The van der Waals surface area contributed by atoms with E-state index in [1.54, 1.807) is 42.7 Å². The number of nitro benzene ring substituents is 1. The minimum Gasteiger partial charge on any atom is -0.455 e. The molecule has 5 aromatic rings. The number of carbonyl (C=O) groups excluding carboxylic acids is 1. The highest BCUT2D eigenvalue weighted by Gasteiger charge is 2.34. The molecule has 3 aromatic heterocycles. The third-order valence-electron chi connectivity index (χ3n) is 14.3. The Kier molecular flexibility index (Phi) is 14.3. The Morgan fingerprint density at radius 2 is 1.76 bits per heavy atom. The minimum absolute atomic E-state index is 0.0737. The maximum atomic E-state index is 14.2. The van der Waals surface area contributed by atoms with Crippen molar-refractivity contribution in [1.82, 2.24) is 24.5 Å². The number of pyridine rings is 1. The lowest BCUT2D eigenvalue weighted by molar-refractivity contribution is -0.384. The van der Waals surface area contributed by atoms with E-state index in [-0.39, 0.29) is 28.4 Å². The highest BCUT2D eigenvalue weighted by Crippen LogP contribution is 2.46. The summed E-state index contributed by atoms with van der Waals surface area (Å²) < 4.78 is 76.1. The molecule has 2 fully saturated rings. The van der Waals surface area contributed by atoms with Gasteiger partial charge >= 0.3 is 6.18 Å². The van der Waals surface area contributed by atoms with Crippen molar-refractivity contribution >= 4 is 55.2 Å². The minimum atomic E-state index is -4.63. The van der Waals surface area contributed by atoms with Gasteiger partial charge in [-0.15, -0.1) is 11.3 Å². The van der Waals surface area contributed by atoms with Crippen molar-refractivity contribution in [3.8, 4) is 16.9 Å². The molecule has 72 heavy (non-hydrogen) atoms. The molecule has 0 bridgehead atoms. The van der Waals surface area contributed by atoms with Crippen molar-refractivity contribution < 1.29 is 41.2 Å². The van der Waals surface area contributed by atoms with Crippen LogP contribution >= 0.6 is 11.3 Å². The van der Waals surface area contributed by atoms with E-state index in [1.165, 1.54) is 47.7 Å². The summed E-state index contributed by atoms with van der Waals surface area (Å²) >= 11 is 1.62. The molecule has 0 atom stereocenters. The Morgan fingerprint density at radius 3 is 2.49 bits per heavy atom. The summed E-state index contributed by atoms with van der Waals surface area (Å²) in [6.45, 7) is 10.3. The number of H-pyrrole nitrogens is 1. The summed E-state index contributed by atoms with van der Waals surface area (Å²) in [5, 5.41) is 28.4. The first kappa shape index (κ1) is 50.7. The van der Waals surface area contributed by atoms with Gasteiger partial charge in [0.1, 0.15) is 22.8 Å². The average molecular weight is 1030 g/mol. The number of carbonyl (C=O) groups is 1. The number of aromatic amines is 1. The van der Waals surface area contributed by atoms with Crippen LogP contribution in [0.3, 0.4) is 0 Å². The van der Waals surface area contributed by atoms with Gasteiger partial charge in [-0.3, -0.25) is 19.8 Å². The van der Waals surface area contributed by atoms with Crippen molar-refractivity contribution in [2.75, 3.05) is 44.6 Å². The number of amides is 1. The van der Waals surface area contributed by atoms with E-state index in [9.17, 15) is 41.6 Å². The summed E-state index contributed by atoms with van der Waals surface area (Å²) in [5.74, 6) is -0.408. The number of fused-ring (bicyclic) bond motifs is 1. The number of nitro groups is 1. The first-order valence-electron chi connectivity index (χ1n) is 24.2. The first-order chi connectivity index (χ1) is 34.2. The molecule has 1 saturated heterocycles. The zero-order valence-electron chi connectivity index (χ0n) is 40.4. The van der Waals surface area contributed by atoms with Gasteiger partial charge in [-0.2, -0.15) is 13.2 Å². The first-order valence-corrected chi connectivity index (χ1v) is 26.5. The van der Waals surface area contributed by atoms with Crippen molar-refractivity contribution in [1.29, 1.82) is 0 Å². The smallest absolute Gasteiger partial charge is 0.416 e. The number of piperazine rings is 1. The number of aromatic nitrogens is 2. The number of nitrogens with one attached hydrogen (secondary N) is 3. The molecule has 1 saturated carbocycles. The second kappa shape index (κ2) is 20.3. The Bertz CT molecular complexity index is 3100. The number of halogens is 3. The normalized spacial score (nSPS) is 21.1. The Labute approximate surface area is 420 Å². The Hall–Kier alpha value is -6.28. The van der Waals surface area contributed by atoms with Crippen LogP contribution in [0.5, 0.6) is 5.75 Å². The zero-order valence-corrected chi connectivity index (χ0v) is 42.0. The molecule has 19 heteroatoms. The van der Waals surface area contributed by atoms with Crippen LogP contribution in [0.25, 0.3) is 27.7 Å². The number of allylic oxidation sites excluding steroid dienone is 3. The summed E-state index contributed by atoms with van der Waals surface area (Å²) in [4.78, 5) is 38.5. The molecule has 2 aromatic carbocycles. The molecule has 9 rings (SSSR count). The molecule has 1 amide bonds. The maximum absolute atomic E-state index is 14.2. The number of nitrogens with zero attached hydrogens (tertiary/aromatic N) is 4. The van der Waals surface area contributed by atoms with Gasteiger partial charge in [0.2, 0.25) is 0 Å². The Balaban J connectivity index is 0.921. The topological polar surface area (TPSA) is 183 Å². The molecular weight excluding hydrogens is 968 g/mol. The lowest BCUT2D eigenvalue weighted by Crippen LogP contribution is -2.46. The standard InChI is InChI=1S/C53H58F3N7O7S2/c1-51(2)17-15-37(44(29-51)48-26-38(33-71-48)35-7-9-39(10-8-35)53(54,55)56)32-61-21-23-62(24-22-61)40-5-4-6-43(47(27-40)70-41-25-36-16-20-57-49(36)59-31-41)50(64)60-72(68,69)42-11-12-45(46(28-42)63(66)67)58-30-34-13-18-52(3,65)19-14-34/h4,6-12,16,20,25-28,31,33-34,58,65H,5,13-15,17-19,21-24,29-30,32H2,1-3H3,(H,57,59)(H,60,64). The number of anilines is 1. The molecule has 0 radical (unpaired) electrons. The van der Waals surface area contributed by atoms with Gasteiger partial charge in [-0.25, -0.2) is 18.1 Å². The summed E-state index contributed by atoms with van der Waals surface area (Å²) in [5.41, 5.74) is 4.10. The second-order valence-electron chi connectivity index (χ2n) is 20.4. The lowest BCUT2D eigenvalue weighted by atomic mass is 9.73. The highest BCUT2D eigenvalue weighted by molar-refractivity contribution is 7.90. The van der Waals surface area contributed by atoms with E-state index in [4.69, 9.17) is 4.74 Å². The third-order valence-corrected chi connectivity index (χ3v) is 16.6. The molecule has 1 aliphatic heterocycles. The van der Waals surface area contributed by atoms with Crippen molar-refractivity contribution in [2.45, 2.75) is 88.8 Å². The van der Waals surface area contributed by atoms with E-state index in [0.717, 1.165) is 97.0 Å². The predicted octanol–water partition coefficient (Wildman–Crippen LogP) is 10.8. The molecule has 0 spiro atoms. The van der Waals surface area contributed by atoms with Gasteiger partial charge < -0.3 is 25.0 Å². The lowest BCUT2D eigenvalue weighted by Gasteiger charge is -2.39. The number of alkyl halides is 3. The molecular formula is C53H58F3N7O7S2. The maximum Gasteiger partial charge on any atom is 0.416 e. The average Bonchev–Trinajstić information content (AvgIpc) is 3.98. The van der Waals surface area contributed by atoms with Crippen LogP contribution in [0.1, 0.15) is 82.6 Å². The fraction of sp³-hybridized carbons (Fsp3) is 0.396. The number of sulfonamides is 1. The molecule has 4 heterocycles. The predicted molar refractivity (Wildman–Crippen MR) is 272 cm³/mol. The number of ether oxygens (including phenoxy) is 1. The molecule has 4 N–H and O–H groups in total. The van der Waals surface area contributed by atoms with Crippen LogP contribution in [-0.4, -0.2) is 89.0 Å². The number of aliphatic hydroxyl groups is 1. The molecule has 4 aliphatic rings. The molecule has 3 aliphatic carbocycles. The summed E-state index contributed by atoms with van der Waals surface area (Å²) in [6, 6.07) is 14.5. The van der Waals surface area contributed by atoms with Crippen LogP contribution < -0.4 is 14.8 Å². The summed E-state index contributed by atoms with van der Waals surface area (Å²) in [6.07, 6.45) is 9.91. The molecule has 380 valence electrons. The van der Waals surface area contributed by atoms with E-state index in [0.29, 0.717) is 50.3 Å². The van der Waals surface area contributed by atoms with Crippen LogP contribution in [0, 0.1) is 21.4 Å². The van der Waals surface area contributed by atoms with Crippen molar-refractivity contribution in [2.24, 2.45) is 11.3 Å². The van der Waals surface area contributed by atoms with Gasteiger partial charge in [0.15, 0.2) is 0 Å². The number of rotatable bonds is 14.